The second-order valence-corrected chi connectivity index (χ2v) is 9.73. The van der Waals surface area contributed by atoms with E-state index in [9.17, 15) is 0 Å². The van der Waals surface area contributed by atoms with Gasteiger partial charge in [0.1, 0.15) is 0 Å². The zero-order valence-electron chi connectivity index (χ0n) is 4.23. The zero-order chi connectivity index (χ0) is 5.70. The van der Waals surface area contributed by atoms with E-state index in [0.29, 0.717) is 0 Å². The molecule has 0 bridgehead atoms. The van der Waals surface area contributed by atoms with Crippen LogP contribution in [0.25, 0.3) is 0 Å². The first-order valence-electron chi connectivity index (χ1n) is 1.98. The quantitative estimate of drug-likeness (QED) is 0.600. The van der Waals surface area contributed by atoms with Crippen molar-refractivity contribution in [2.45, 2.75) is 12.3 Å². The van der Waals surface area contributed by atoms with E-state index in [1.165, 1.54) is 8.27 Å². The topological polar surface area (TPSA) is 0 Å². The van der Waals surface area contributed by atoms with E-state index in [1.807, 2.05) is 0 Å². The van der Waals surface area contributed by atoms with E-state index in [0.717, 1.165) is 21.6 Å². The molecule has 0 rings (SSSR count). The standard InChI is InChI=1S/C2H11P5/c1-2(5-3)6-7-4/h2,5-7H,3-4H2,1H3. The van der Waals surface area contributed by atoms with E-state index < -0.39 is 0 Å². The van der Waals surface area contributed by atoms with Crippen LogP contribution in [-0.4, -0.2) is 5.40 Å². The van der Waals surface area contributed by atoms with Crippen LogP contribution in [0.4, 0.5) is 0 Å². The van der Waals surface area contributed by atoms with Crippen LogP contribution >= 0.6 is 42.4 Å². The van der Waals surface area contributed by atoms with Crippen molar-refractivity contribution in [3.8, 4) is 0 Å². The molecule has 7 heavy (non-hydrogen) atoms. The highest BCUT2D eigenvalue weighted by molar-refractivity contribution is 8.40. The fraction of sp³-hybridized carbons (Fsp3) is 1.00. The summed E-state index contributed by atoms with van der Waals surface area (Å²) in [5, 5.41) is 0.959. The lowest BCUT2D eigenvalue weighted by atomic mass is 11.0. The Morgan fingerprint density at radius 3 is 2.14 bits per heavy atom. The van der Waals surface area contributed by atoms with Crippen LogP contribution in [0, 0.1) is 0 Å². The van der Waals surface area contributed by atoms with E-state index >= 15 is 0 Å². The molecule has 0 radical (unpaired) electrons. The first kappa shape index (κ1) is 9.15. The van der Waals surface area contributed by atoms with Gasteiger partial charge in [-0.15, -0.1) is 17.9 Å². The van der Waals surface area contributed by atoms with Crippen LogP contribution < -0.4 is 0 Å². The second kappa shape index (κ2) is 6.27. The highest BCUT2D eigenvalue weighted by Gasteiger charge is 1.92. The van der Waals surface area contributed by atoms with Crippen molar-refractivity contribution >= 4 is 42.4 Å². The van der Waals surface area contributed by atoms with Gasteiger partial charge in [0.25, 0.3) is 0 Å². The molecule has 6 unspecified atom stereocenters. The Morgan fingerprint density at radius 2 is 2.00 bits per heavy atom. The van der Waals surface area contributed by atoms with Crippen molar-refractivity contribution in [1.82, 2.24) is 0 Å². The van der Waals surface area contributed by atoms with Gasteiger partial charge in [0.2, 0.25) is 0 Å². The van der Waals surface area contributed by atoms with Gasteiger partial charge in [0.05, 0.1) is 0 Å². The van der Waals surface area contributed by atoms with Gasteiger partial charge in [0, 0.05) is 0 Å². The fourth-order valence-electron chi connectivity index (χ4n) is 0.167. The molecule has 0 N–H and O–H groups in total. The number of rotatable bonds is 3. The molecule has 0 fully saturated rings. The normalized spacial score (nSPS) is 19.3. The Kier molecular flexibility index (Phi) is 8.20. The van der Waals surface area contributed by atoms with Gasteiger partial charge >= 0.3 is 0 Å². The number of hydrogen-bond acceptors (Lipinski definition) is 0. The predicted octanol–water partition coefficient (Wildman–Crippen LogP) is 2.86. The lowest BCUT2D eigenvalue weighted by Gasteiger charge is -2.03. The third-order valence-corrected chi connectivity index (χ3v) is 9.25. The molecule has 0 saturated carbocycles. The van der Waals surface area contributed by atoms with Crippen molar-refractivity contribution in [3.05, 3.63) is 0 Å². The Balaban J connectivity index is 2.83. The molecule has 0 aromatic rings. The van der Waals surface area contributed by atoms with Crippen LogP contribution in [0.5, 0.6) is 0 Å². The summed E-state index contributed by atoms with van der Waals surface area (Å²) < 4.78 is 0. The average molecular weight is 190 g/mol. The summed E-state index contributed by atoms with van der Waals surface area (Å²) in [5.41, 5.74) is 0. The first-order chi connectivity index (χ1) is 3.31. The molecule has 0 heterocycles. The highest BCUT2D eigenvalue weighted by Crippen LogP contribution is 2.53. The summed E-state index contributed by atoms with van der Waals surface area (Å²) in [5.74, 6) is 0. The van der Waals surface area contributed by atoms with Gasteiger partial charge in [-0.2, -0.15) is 0 Å². The molecule has 5 heteroatoms. The molecule has 0 aromatic carbocycles. The summed E-state index contributed by atoms with van der Waals surface area (Å²) in [6, 6.07) is 0. The van der Waals surface area contributed by atoms with Crippen LogP contribution in [0.1, 0.15) is 6.92 Å². The Hall–Kier alpha value is 2.15. The molecule has 6 atom stereocenters. The van der Waals surface area contributed by atoms with Gasteiger partial charge in [-0.1, -0.05) is 31.4 Å². The van der Waals surface area contributed by atoms with Gasteiger partial charge in [-0.3, -0.25) is 0 Å². The summed E-state index contributed by atoms with van der Waals surface area (Å²) >= 11 is 0. The summed E-state index contributed by atoms with van der Waals surface area (Å²) in [4.78, 5) is 0. The number of hydrogen-bond donors (Lipinski definition) is 0. The minimum atomic E-state index is 0.959. The molecule has 0 aromatic heterocycles. The van der Waals surface area contributed by atoms with Crippen molar-refractivity contribution in [1.29, 1.82) is 0 Å². The molecule has 0 aliphatic heterocycles. The predicted molar refractivity (Wildman–Crippen MR) is 53.8 cm³/mol. The first-order valence-corrected chi connectivity index (χ1v) is 9.76. The van der Waals surface area contributed by atoms with Crippen molar-refractivity contribution in [2.75, 3.05) is 0 Å². The van der Waals surface area contributed by atoms with Crippen molar-refractivity contribution < 1.29 is 0 Å². The maximum Gasteiger partial charge on any atom is -0.00155 e. The molecular weight excluding hydrogens is 179 g/mol. The Bertz CT molecular complexity index is 37.1. The summed E-state index contributed by atoms with van der Waals surface area (Å²) in [6.07, 6.45) is 0. The third-order valence-electron chi connectivity index (χ3n) is 0.550. The lowest BCUT2D eigenvalue weighted by Crippen LogP contribution is -1.69. The van der Waals surface area contributed by atoms with Gasteiger partial charge in [-0.25, -0.2) is 0 Å². The average Bonchev–Trinajstić information content (AvgIpc) is 1.68. The molecule has 0 amide bonds. The molecular formula is C2H11P5. The van der Waals surface area contributed by atoms with Crippen LogP contribution in [0.2, 0.25) is 0 Å². The molecule has 0 saturated heterocycles. The fourth-order valence-corrected chi connectivity index (χ4v) is 9.00. The van der Waals surface area contributed by atoms with Gasteiger partial charge in [0.15, 0.2) is 0 Å². The summed E-state index contributed by atoms with van der Waals surface area (Å²) in [7, 11) is 8.90. The van der Waals surface area contributed by atoms with Crippen LogP contribution in [0.3, 0.4) is 0 Å². The lowest BCUT2D eigenvalue weighted by molar-refractivity contribution is 1.43. The minimum Gasteiger partial charge on any atom is -0.114 e. The Labute approximate surface area is 55.2 Å². The third kappa shape index (κ3) is 6.03. The summed E-state index contributed by atoms with van der Waals surface area (Å²) in [6.45, 7) is 2.31. The maximum absolute atomic E-state index is 2.80. The SMILES string of the molecule is CC(PP)PPP. The smallest absolute Gasteiger partial charge is 0.00155 e. The highest BCUT2D eigenvalue weighted by atomic mass is 32.4. The van der Waals surface area contributed by atoms with E-state index in [-0.39, 0.29) is 0 Å². The molecule has 44 valence electrons. The van der Waals surface area contributed by atoms with E-state index in [2.05, 4.69) is 24.8 Å². The van der Waals surface area contributed by atoms with Crippen molar-refractivity contribution in [2.24, 2.45) is 0 Å². The van der Waals surface area contributed by atoms with Crippen LogP contribution in [0.15, 0.2) is 0 Å². The molecule has 0 spiro atoms. The van der Waals surface area contributed by atoms with Gasteiger partial charge < -0.3 is 0 Å². The minimum absolute atomic E-state index is 0.959. The van der Waals surface area contributed by atoms with Crippen LogP contribution in [-0.2, 0) is 0 Å². The zero-order valence-corrected chi connectivity index (χ0v) is 9.54. The maximum atomic E-state index is 2.80. The van der Waals surface area contributed by atoms with E-state index in [4.69, 9.17) is 0 Å². The van der Waals surface area contributed by atoms with Crippen molar-refractivity contribution in [3.63, 3.8) is 0 Å². The second-order valence-electron chi connectivity index (χ2n) is 1.18. The van der Waals surface area contributed by atoms with Gasteiger partial charge in [-0.05, 0) is 5.40 Å². The molecule has 0 nitrogen and oxygen atoms in total. The molecule has 0 aliphatic rings. The largest absolute Gasteiger partial charge is 0.114 e. The molecule has 0 aliphatic carbocycles. The Morgan fingerprint density at radius 1 is 1.43 bits per heavy atom. The monoisotopic (exact) mass is 190 g/mol. The van der Waals surface area contributed by atoms with E-state index in [1.54, 1.807) is 0 Å².